The molecular formula is C11H16ClNO2. The summed E-state index contributed by atoms with van der Waals surface area (Å²) in [5.41, 5.74) is 0.963. The Morgan fingerprint density at radius 3 is 2.67 bits per heavy atom. The molecule has 0 aliphatic carbocycles. The molecule has 0 aliphatic rings. The Labute approximate surface area is 95.3 Å². The van der Waals surface area contributed by atoms with Crippen LogP contribution in [0.15, 0.2) is 18.2 Å². The van der Waals surface area contributed by atoms with Crippen molar-refractivity contribution < 1.29 is 9.47 Å². The van der Waals surface area contributed by atoms with Gasteiger partial charge in [0.25, 0.3) is 0 Å². The van der Waals surface area contributed by atoms with Crippen molar-refractivity contribution in [3.63, 3.8) is 0 Å². The molecule has 1 aromatic rings. The van der Waals surface area contributed by atoms with E-state index in [9.17, 15) is 0 Å². The molecule has 15 heavy (non-hydrogen) atoms. The molecule has 1 rings (SSSR count). The molecule has 4 heteroatoms. The third-order valence-corrected chi connectivity index (χ3v) is 2.44. The maximum Gasteiger partial charge on any atom is 0.137 e. The van der Waals surface area contributed by atoms with Crippen LogP contribution < -0.4 is 10.1 Å². The Kier molecular flexibility index (Phi) is 4.72. The van der Waals surface area contributed by atoms with Gasteiger partial charge in [-0.15, -0.1) is 0 Å². The SMILES string of the molecule is COc1ccc(NCC(C)OC)cc1Cl. The van der Waals surface area contributed by atoms with E-state index in [2.05, 4.69) is 5.32 Å². The maximum absolute atomic E-state index is 5.98. The molecule has 1 aromatic carbocycles. The first-order valence-corrected chi connectivity index (χ1v) is 5.15. The van der Waals surface area contributed by atoms with Crippen LogP contribution in [-0.4, -0.2) is 26.9 Å². The van der Waals surface area contributed by atoms with Crippen molar-refractivity contribution in [2.24, 2.45) is 0 Å². The summed E-state index contributed by atoms with van der Waals surface area (Å²) >= 11 is 5.98. The minimum Gasteiger partial charge on any atom is -0.495 e. The lowest BCUT2D eigenvalue weighted by Gasteiger charge is -2.12. The lowest BCUT2D eigenvalue weighted by atomic mass is 10.3. The highest BCUT2D eigenvalue weighted by Crippen LogP contribution is 2.27. The highest BCUT2D eigenvalue weighted by molar-refractivity contribution is 6.32. The van der Waals surface area contributed by atoms with Crippen LogP contribution in [0.25, 0.3) is 0 Å². The Bertz CT molecular complexity index is 317. The summed E-state index contributed by atoms with van der Waals surface area (Å²) in [4.78, 5) is 0. The van der Waals surface area contributed by atoms with Gasteiger partial charge in [-0.25, -0.2) is 0 Å². The standard InChI is InChI=1S/C11H16ClNO2/c1-8(14-2)7-13-9-4-5-11(15-3)10(12)6-9/h4-6,8,13H,7H2,1-3H3. The van der Waals surface area contributed by atoms with E-state index in [4.69, 9.17) is 21.1 Å². The van der Waals surface area contributed by atoms with E-state index in [0.717, 1.165) is 12.2 Å². The second-order valence-electron chi connectivity index (χ2n) is 3.28. The highest BCUT2D eigenvalue weighted by atomic mass is 35.5. The van der Waals surface area contributed by atoms with Crippen LogP contribution in [0.1, 0.15) is 6.92 Å². The molecule has 1 N–H and O–H groups in total. The van der Waals surface area contributed by atoms with Crippen molar-refractivity contribution in [2.45, 2.75) is 13.0 Å². The number of hydrogen-bond donors (Lipinski definition) is 1. The first kappa shape index (κ1) is 12.1. The van der Waals surface area contributed by atoms with Gasteiger partial charge in [0.1, 0.15) is 5.75 Å². The number of methoxy groups -OCH3 is 2. The summed E-state index contributed by atoms with van der Waals surface area (Å²) in [6.07, 6.45) is 0.172. The normalized spacial score (nSPS) is 12.3. The van der Waals surface area contributed by atoms with E-state index in [0.29, 0.717) is 10.8 Å². The van der Waals surface area contributed by atoms with Gasteiger partial charge in [-0.1, -0.05) is 11.6 Å². The molecule has 1 unspecified atom stereocenters. The summed E-state index contributed by atoms with van der Waals surface area (Å²) in [5.74, 6) is 0.682. The van der Waals surface area contributed by atoms with Crippen LogP contribution in [0, 0.1) is 0 Å². The molecule has 0 spiro atoms. The molecule has 84 valence electrons. The second kappa shape index (κ2) is 5.83. The van der Waals surface area contributed by atoms with Gasteiger partial charge in [0.2, 0.25) is 0 Å². The van der Waals surface area contributed by atoms with Gasteiger partial charge < -0.3 is 14.8 Å². The summed E-state index contributed by atoms with van der Waals surface area (Å²) < 4.78 is 10.2. The summed E-state index contributed by atoms with van der Waals surface area (Å²) in [6.45, 7) is 2.75. The molecule has 0 aromatic heterocycles. The topological polar surface area (TPSA) is 30.5 Å². The van der Waals surface area contributed by atoms with Crippen LogP contribution in [0.5, 0.6) is 5.75 Å². The molecule has 0 fully saturated rings. The van der Waals surface area contributed by atoms with Gasteiger partial charge in [-0.05, 0) is 25.1 Å². The molecular weight excluding hydrogens is 214 g/mol. The van der Waals surface area contributed by atoms with Crippen LogP contribution in [0.3, 0.4) is 0 Å². The van der Waals surface area contributed by atoms with Crippen molar-refractivity contribution >= 4 is 17.3 Å². The highest BCUT2D eigenvalue weighted by Gasteiger charge is 2.03. The Morgan fingerprint density at radius 2 is 2.13 bits per heavy atom. The molecule has 0 bridgehead atoms. The van der Waals surface area contributed by atoms with Gasteiger partial charge >= 0.3 is 0 Å². The number of rotatable bonds is 5. The monoisotopic (exact) mass is 229 g/mol. The fourth-order valence-electron chi connectivity index (χ4n) is 1.12. The summed E-state index contributed by atoms with van der Waals surface area (Å²) in [6, 6.07) is 5.60. The fraction of sp³-hybridized carbons (Fsp3) is 0.455. The quantitative estimate of drug-likeness (QED) is 0.842. The zero-order chi connectivity index (χ0) is 11.3. The van der Waals surface area contributed by atoms with Crippen LogP contribution in [0.2, 0.25) is 5.02 Å². The lowest BCUT2D eigenvalue weighted by Crippen LogP contribution is -2.17. The minimum atomic E-state index is 0.172. The zero-order valence-electron chi connectivity index (χ0n) is 9.21. The maximum atomic E-state index is 5.98. The van der Waals surface area contributed by atoms with Gasteiger partial charge in [0.05, 0.1) is 18.2 Å². The number of ether oxygens (including phenoxy) is 2. The number of nitrogens with one attached hydrogen (secondary N) is 1. The van der Waals surface area contributed by atoms with Crippen molar-refractivity contribution in [3.05, 3.63) is 23.2 Å². The zero-order valence-corrected chi connectivity index (χ0v) is 9.97. The van der Waals surface area contributed by atoms with Crippen LogP contribution in [0.4, 0.5) is 5.69 Å². The smallest absolute Gasteiger partial charge is 0.137 e. The average molecular weight is 230 g/mol. The van der Waals surface area contributed by atoms with E-state index in [1.807, 2.05) is 25.1 Å². The molecule has 0 radical (unpaired) electrons. The molecule has 1 atom stereocenters. The van der Waals surface area contributed by atoms with Gasteiger partial charge in [-0.3, -0.25) is 0 Å². The Morgan fingerprint density at radius 1 is 1.40 bits per heavy atom. The molecule has 0 saturated carbocycles. The van der Waals surface area contributed by atoms with Crippen molar-refractivity contribution in [2.75, 3.05) is 26.1 Å². The number of anilines is 1. The van der Waals surface area contributed by atoms with Gasteiger partial charge in [-0.2, -0.15) is 0 Å². The first-order valence-electron chi connectivity index (χ1n) is 4.77. The van der Waals surface area contributed by atoms with Gasteiger partial charge in [0, 0.05) is 19.3 Å². The average Bonchev–Trinajstić information content (AvgIpc) is 2.26. The fourth-order valence-corrected chi connectivity index (χ4v) is 1.38. The van der Waals surface area contributed by atoms with E-state index >= 15 is 0 Å². The third kappa shape index (κ3) is 3.61. The van der Waals surface area contributed by atoms with E-state index in [1.165, 1.54) is 0 Å². The summed E-state index contributed by atoms with van der Waals surface area (Å²) in [7, 11) is 3.29. The van der Waals surface area contributed by atoms with E-state index in [-0.39, 0.29) is 6.10 Å². The van der Waals surface area contributed by atoms with Gasteiger partial charge in [0.15, 0.2) is 0 Å². The minimum absolute atomic E-state index is 0.172. The molecule has 0 saturated heterocycles. The lowest BCUT2D eigenvalue weighted by molar-refractivity contribution is 0.129. The largest absolute Gasteiger partial charge is 0.495 e. The van der Waals surface area contributed by atoms with Crippen molar-refractivity contribution in [3.8, 4) is 5.75 Å². The Hall–Kier alpha value is -0.930. The van der Waals surface area contributed by atoms with E-state index in [1.54, 1.807) is 14.2 Å². The van der Waals surface area contributed by atoms with Crippen LogP contribution in [-0.2, 0) is 4.74 Å². The molecule has 3 nitrogen and oxygen atoms in total. The van der Waals surface area contributed by atoms with Crippen molar-refractivity contribution in [1.29, 1.82) is 0 Å². The Balaban J connectivity index is 2.59. The van der Waals surface area contributed by atoms with Crippen molar-refractivity contribution in [1.82, 2.24) is 0 Å². The number of hydrogen-bond acceptors (Lipinski definition) is 3. The molecule has 0 aliphatic heterocycles. The predicted molar refractivity (Wildman–Crippen MR) is 63.0 cm³/mol. The van der Waals surface area contributed by atoms with E-state index < -0.39 is 0 Å². The van der Waals surface area contributed by atoms with Crippen LogP contribution >= 0.6 is 11.6 Å². The second-order valence-corrected chi connectivity index (χ2v) is 3.68. The predicted octanol–water partition coefficient (Wildman–Crippen LogP) is 2.80. The molecule has 0 heterocycles. The summed E-state index contributed by atoms with van der Waals surface area (Å²) in [5, 5.41) is 3.83. The number of halogens is 1. The third-order valence-electron chi connectivity index (χ3n) is 2.15. The first-order chi connectivity index (χ1) is 7.17. The number of benzene rings is 1. The molecule has 0 amide bonds.